The van der Waals surface area contributed by atoms with E-state index < -0.39 is 0 Å². The molecule has 1 saturated carbocycles. The maximum Gasteiger partial charge on any atom is 0.225 e. The Morgan fingerprint density at radius 2 is 2.00 bits per heavy atom. The molecule has 26 heavy (non-hydrogen) atoms. The van der Waals surface area contributed by atoms with Gasteiger partial charge in [-0.1, -0.05) is 18.2 Å². The fraction of sp³-hybridized carbons (Fsp3) is 0.667. The van der Waals surface area contributed by atoms with Crippen LogP contribution in [0.2, 0.25) is 0 Å². The van der Waals surface area contributed by atoms with E-state index in [9.17, 15) is 4.79 Å². The number of benzene rings is 1. The van der Waals surface area contributed by atoms with E-state index in [1.807, 2.05) is 6.07 Å². The smallest absolute Gasteiger partial charge is 0.225 e. The monoisotopic (exact) mass is 357 g/mol. The number of hydrogen-bond acceptors (Lipinski definition) is 4. The minimum absolute atomic E-state index is 0.321. The number of rotatable bonds is 5. The molecule has 142 valence electrons. The molecule has 1 saturated heterocycles. The molecule has 2 unspecified atom stereocenters. The van der Waals surface area contributed by atoms with Crippen molar-refractivity contribution >= 4 is 5.91 Å². The first-order valence-corrected chi connectivity index (χ1v) is 10.0. The molecule has 0 N–H and O–H groups in total. The summed E-state index contributed by atoms with van der Waals surface area (Å²) in [4.78, 5) is 19.6. The van der Waals surface area contributed by atoms with Crippen molar-refractivity contribution < 1.29 is 9.53 Å². The largest absolute Gasteiger partial charge is 0.492 e. The number of carbonyl (C=O) groups is 1. The van der Waals surface area contributed by atoms with Crippen LogP contribution in [0.15, 0.2) is 24.3 Å². The Balaban J connectivity index is 1.51. The van der Waals surface area contributed by atoms with Crippen LogP contribution >= 0.6 is 0 Å². The minimum Gasteiger partial charge on any atom is -0.492 e. The fourth-order valence-electron chi connectivity index (χ4n) is 4.37. The zero-order chi connectivity index (χ0) is 18.1. The first-order valence-electron chi connectivity index (χ1n) is 10.0. The molecule has 0 aromatic heterocycles. The van der Waals surface area contributed by atoms with Crippen molar-refractivity contribution in [2.75, 3.05) is 40.3 Å². The number of amides is 1. The lowest BCUT2D eigenvalue weighted by molar-refractivity contribution is -0.133. The number of ether oxygens (including phenoxy) is 1. The van der Waals surface area contributed by atoms with Crippen LogP contribution in [-0.4, -0.2) is 73.0 Å². The number of likely N-dealkylation sites (tertiary alicyclic amines) is 1. The third kappa shape index (κ3) is 3.89. The SMILES string of the molecule is CN(C)CC1COc2ccccc2CN1CC1CCCN1C(=O)C1CC1. The average Bonchev–Trinajstić information content (AvgIpc) is 3.39. The van der Waals surface area contributed by atoms with Gasteiger partial charge in [-0.2, -0.15) is 0 Å². The molecule has 2 fully saturated rings. The molecule has 2 aliphatic heterocycles. The molecular formula is C21H31N3O2. The minimum atomic E-state index is 0.321. The van der Waals surface area contributed by atoms with E-state index in [1.54, 1.807) is 0 Å². The van der Waals surface area contributed by atoms with E-state index in [2.05, 4.69) is 47.0 Å². The number of fused-ring (bicyclic) bond motifs is 1. The van der Waals surface area contributed by atoms with Crippen LogP contribution in [0.25, 0.3) is 0 Å². The van der Waals surface area contributed by atoms with Crippen molar-refractivity contribution in [1.29, 1.82) is 0 Å². The van der Waals surface area contributed by atoms with Crippen LogP contribution in [-0.2, 0) is 11.3 Å². The van der Waals surface area contributed by atoms with E-state index in [1.165, 1.54) is 5.56 Å². The summed E-state index contributed by atoms with van der Waals surface area (Å²) >= 11 is 0. The van der Waals surface area contributed by atoms with Crippen molar-refractivity contribution in [2.24, 2.45) is 5.92 Å². The predicted molar refractivity (Wildman–Crippen MR) is 102 cm³/mol. The molecule has 4 rings (SSSR count). The highest BCUT2D eigenvalue weighted by Gasteiger charge is 2.39. The lowest BCUT2D eigenvalue weighted by Gasteiger charge is -2.35. The molecule has 1 aromatic carbocycles. The molecule has 0 bridgehead atoms. The Morgan fingerprint density at radius 3 is 2.77 bits per heavy atom. The Kier molecular flexibility index (Phi) is 5.18. The van der Waals surface area contributed by atoms with Gasteiger partial charge in [-0.25, -0.2) is 0 Å². The van der Waals surface area contributed by atoms with Crippen molar-refractivity contribution in [3.63, 3.8) is 0 Å². The summed E-state index contributed by atoms with van der Waals surface area (Å²) < 4.78 is 6.13. The van der Waals surface area contributed by atoms with E-state index in [-0.39, 0.29) is 0 Å². The molecule has 5 heteroatoms. The van der Waals surface area contributed by atoms with Crippen LogP contribution in [0.4, 0.5) is 0 Å². The van der Waals surface area contributed by atoms with E-state index in [0.717, 1.165) is 57.6 Å². The second kappa shape index (κ2) is 7.57. The van der Waals surface area contributed by atoms with Gasteiger partial charge in [0.1, 0.15) is 12.4 Å². The Labute approximate surface area is 156 Å². The standard InChI is InChI=1S/C21H31N3O2/c1-22(2)13-19-15-26-20-8-4-3-6-17(20)12-23(19)14-18-7-5-11-24(18)21(25)16-9-10-16/h3-4,6,8,16,18-19H,5,7,9-15H2,1-2H3. The second-order valence-corrected chi connectivity index (χ2v) is 8.37. The van der Waals surface area contributed by atoms with Gasteiger partial charge in [-0.3, -0.25) is 9.69 Å². The predicted octanol–water partition coefficient (Wildman–Crippen LogP) is 2.21. The van der Waals surface area contributed by atoms with Crippen molar-refractivity contribution in [3.05, 3.63) is 29.8 Å². The highest BCUT2D eigenvalue weighted by Crippen LogP contribution is 2.34. The van der Waals surface area contributed by atoms with Crippen LogP contribution < -0.4 is 4.74 Å². The third-order valence-electron chi connectivity index (χ3n) is 5.90. The van der Waals surface area contributed by atoms with Gasteiger partial charge in [0.05, 0.1) is 6.04 Å². The molecule has 2 atom stereocenters. The average molecular weight is 357 g/mol. The van der Waals surface area contributed by atoms with Gasteiger partial charge in [0.2, 0.25) is 5.91 Å². The van der Waals surface area contributed by atoms with Gasteiger partial charge in [0, 0.05) is 43.7 Å². The van der Waals surface area contributed by atoms with Gasteiger partial charge in [0.15, 0.2) is 0 Å². The second-order valence-electron chi connectivity index (χ2n) is 8.37. The van der Waals surface area contributed by atoms with Crippen LogP contribution in [0.5, 0.6) is 5.75 Å². The van der Waals surface area contributed by atoms with E-state index >= 15 is 0 Å². The fourth-order valence-corrected chi connectivity index (χ4v) is 4.37. The summed E-state index contributed by atoms with van der Waals surface area (Å²) in [6, 6.07) is 9.08. The third-order valence-corrected chi connectivity index (χ3v) is 5.90. The van der Waals surface area contributed by atoms with Crippen LogP contribution in [0.3, 0.4) is 0 Å². The topological polar surface area (TPSA) is 36.0 Å². The Hall–Kier alpha value is -1.59. The molecule has 0 radical (unpaired) electrons. The lowest BCUT2D eigenvalue weighted by Crippen LogP contribution is -2.50. The Bertz CT molecular complexity index is 644. The molecule has 0 spiro atoms. The number of nitrogens with zero attached hydrogens (tertiary/aromatic N) is 3. The Morgan fingerprint density at radius 1 is 1.19 bits per heavy atom. The van der Waals surface area contributed by atoms with Gasteiger partial charge in [0.25, 0.3) is 0 Å². The lowest BCUT2D eigenvalue weighted by atomic mass is 10.1. The van der Waals surface area contributed by atoms with Crippen molar-refractivity contribution in [3.8, 4) is 5.75 Å². The molecule has 1 amide bonds. The first kappa shape index (κ1) is 17.8. The van der Waals surface area contributed by atoms with Gasteiger partial charge in [-0.15, -0.1) is 0 Å². The highest BCUT2D eigenvalue weighted by molar-refractivity contribution is 5.81. The summed E-state index contributed by atoms with van der Waals surface area (Å²) in [6.07, 6.45) is 4.46. The van der Waals surface area contributed by atoms with Gasteiger partial charge >= 0.3 is 0 Å². The molecule has 1 aliphatic carbocycles. The number of carbonyl (C=O) groups excluding carboxylic acids is 1. The van der Waals surface area contributed by atoms with Crippen molar-refractivity contribution in [2.45, 2.75) is 44.3 Å². The number of likely N-dealkylation sites (N-methyl/N-ethyl adjacent to an activating group) is 1. The summed E-state index contributed by atoms with van der Waals surface area (Å²) in [5, 5.41) is 0. The van der Waals surface area contributed by atoms with Crippen LogP contribution in [0, 0.1) is 5.92 Å². The highest BCUT2D eigenvalue weighted by atomic mass is 16.5. The zero-order valence-electron chi connectivity index (χ0n) is 16.1. The van der Waals surface area contributed by atoms with Gasteiger partial charge < -0.3 is 14.5 Å². The quantitative estimate of drug-likeness (QED) is 0.810. The molecular weight excluding hydrogens is 326 g/mol. The normalized spacial score (nSPS) is 26.5. The summed E-state index contributed by atoms with van der Waals surface area (Å²) in [6.45, 7) is 4.47. The summed E-state index contributed by atoms with van der Waals surface area (Å²) in [7, 11) is 4.24. The van der Waals surface area contributed by atoms with Crippen LogP contribution in [0.1, 0.15) is 31.2 Å². The van der Waals surface area contributed by atoms with E-state index in [0.29, 0.717) is 30.5 Å². The molecule has 2 heterocycles. The number of para-hydroxylation sites is 1. The molecule has 3 aliphatic rings. The summed E-state index contributed by atoms with van der Waals surface area (Å²) in [5.74, 6) is 1.74. The van der Waals surface area contributed by atoms with Gasteiger partial charge in [-0.05, 0) is 45.8 Å². The van der Waals surface area contributed by atoms with E-state index in [4.69, 9.17) is 4.74 Å². The van der Waals surface area contributed by atoms with Crippen molar-refractivity contribution in [1.82, 2.24) is 14.7 Å². The number of hydrogen-bond donors (Lipinski definition) is 0. The maximum absolute atomic E-state index is 12.7. The first-order chi connectivity index (χ1) is 12.6. The zero-order valence-corrected chi connectivity index (χ0v) is 16.1. The molecule has 1 aromatic rings. The maximum atomic E-state index is 12.7. The summed E-state index contributed by atoms with van der Waals surface area (Å²) in [5.41, 5.74) is 1.26. The molecule has 5 nitrogen and oxygen atoms in total.